The number of aryl methyl sites for hydroxylation is 1. The third-order valence-corrected chi connectivity index (χ3v) is 5.08. The molecule has 0 saturated carbocycles. The highest BCUT2D eigenvalue weighted by atomic mass is 32.2. The second kappa shape index (κ2) is 10.6. The molecule has 3 rings (SSSR count). The lowest BCUT2D eigenvalue weighted by Gasteiger charge is -2.10. The van der Waals surface area contributed by atoms with Gasteiger partial charge in [-0.15, -0.1) is 10.2 Å². The molecule has 0 bridgehead atoms. The minimum Gasteiger partial charge on any atom is -0.492 e. The van der Waals surface area contributed by atoms with Crippen LogP contribution in [0.25, 0.3) is 11.4 Å². The highest BCUT2D eigenvalue weighted by Crippen LogP contribution is 2.23. The Labute approximate surface area is 174 Å². The molecule has 0 atom stereocenters. The molecule has 2 aromatic heterocycles. The predicted molar refractivity (Wildman–Crippen MR) is 114 cm³/mol. The number of ether oxygens (including phenoxy) is 1. The smallest absolute Gasteiger partial charge is 0.230 e. The molecule has 152 valence electrons. The van der Waals surface area contributed by atoms with Crippen molar-refractivity contribution in [1.82, 2.24) is 25.1 Å². The number of thioether (sulfide) groups is 1. The van der Waals surface area contributed by atoms with Gasteiger partial charge in [0.05, 0.1) is 12.3 Å². The second-order valence-electron chi connectivity index (χ2n) is 6.50. The lowest BCUT2D eigenvalue weighted by Crippen LogP contribution is -2.29. The summed E-state index contributed by atoms with van der Waals surface area (Å²) in [7, 11) is 0. The molecule has 0 spiro atoms. The number of benzene rings is 1. The number of amides is 1. The fraction of sp³-hybridized carbons (Fsp3) is 0.333. The minimum absolute atomic E-state index is 0.0562. The Kier molecular flexibility index (Phi) is 7.63. The van der Waals surface area contributed by atoms with Crippen LogP contribution >= 0.6 is 11.8 Å². The minimum atomic E-state index is -0.0562. The quantitative estimate of drug-likeness (QED) is 0.407. The zero-order chi connectivity index (χ0) is 20.5. The van der Waals surface area contributed by atoms with E-state index in [1.807, 2.05) is 47.9 Å². The molecule has 29 heavy (non-hydrogen) atoms. The molecule has 0 radical (unpaired) electrons. The maximum Gasteiger partial charge on any atom is 0.230 e. The fourth-order valence-electron chi connectivity index (χ4n) is 2.78. The predicted octanol–water partition coefficient (Wildman–Crippen LogP) is 3.35. The number of carbonyl (C=O) groups excluding carboxylic acids is 1. The summed E-state index contributed by atoms with van der Waals surface area (Å²) in [4.78, 5) is 16.2. The molecular formula is C21H25N5O2S. The summed E-state index contributed by atoms with van der Waals surface area (Å²) in [6, 6.07) is 11.7. The Morgan fingerprint density at radius 3 is 2.79 bits per heavy atom. The SMILES string of the molecule is CCCn1c(SCC(=O)NCCOc2cccc(C)c2)nnc1-c1ccncc1. The van der Waals surface area contributed by atoms with E-state index in [9.17, 15) is 4.79 Å². The molecule has 3 aromatic rings. The van der Waals surface area contributed by atoms with E-state index in [1.165, 1.54) is 11.8 Å². The molecule has 0 aliphatic carbocycles. The van der Waals surface area contributed by atoms with Crippen LogP contribution in [0.3, 0.4) is 0 Å². The molecule has 0 unspecified atom stereocenters. The van der Waals surface area contributed by atoms with Crippen LogP contribution in [-0.4, -0.2) is 44.6 Å². The third kappa shape index (κ3) is 6.05. The van der Waals surface area contributed by atoms with Gasteiger partial charge in [-0.05, 0) is 43.2 Å². The number of hydrogen-bond acceptors (Lipinski definition) is 6. The monoisotopic (exact) mass is 411 g/mol. The van der Waals surface area contributed by atoms with Crippen molar-refractivity contribution in [3.05, 3.63) is 54.4 Å². The zero-order valence-corrected chi connectivity index (χ0v) is 17.5. The molecule has 1 aromatic carbocycles. The van der Waals surface area contributed by atoms with Gasteiger partial charge in [0, 0.05) is 24.5 Å². The summed E-state index contributed by atoms with van der Waals surface area (Å²) in [5.74, 6) is 1.83. The summed E-state index contributed by atoms with van der Waals surface area (Å²) >= 11 is 1.39. The second-order valence-corrected chi connectivity index (χ2v) is 7.44. The fourth-order valence-corrected chi connectivity index (χ4v) is 3.58. The van der Waals surface area contributed by atoms with E-state index >= 15 is 0 Å². The molecule has 7 nitrogen and oxygen atoms in total. The maximum absolute atomic E-state index is 12.2. The van der Waals surface area contributed by atoms with Crippen molar-refractivity contribution in [3.63, 3.8) is 0 Å². The number of aromatic nitrogens is 4. The van der Waals surface area contributed by atoms with E-state index in [-0.39, 0.29) is 11.7 Å². The van der Waals surface area contributed by atoms with Gasteiger partial charge < -0.3 is 14.6 Å². The van der Waals surface area contributed by atoms with Crippen molar-refractivity contribution in [2.45, 2.75) is 32.0 Å². The van der Waals surface area contributed by atoms with Crippen LogP contribution in [0.5, 0.6) is 5.75 Å². The van der Waals surface area contributed by atoms with Crippen molar-refractivity contribution in [3.8, 4) is 17.1 Å². The number of rotatable bonds is 10. The Hall–Kier alpha value is -2.87. The van der Waals surface area contributed by atoms with Gasteiger partial charge in [0.25, 0.3) is 0 Å². The molecule has 0 aliphatic heterocycles. The van der Waals surface area contributed by atoms with E-state index in [0.717, 1.165) is 40.8 Å². The van der Waals surface area contributed by atoms with Crippen LogP contribution in [0.2, 0.25) is 0 Å². The summed E-state index contributed by atoms with van der Waals surface area (Å²) in [5.41, 5.74) is 2.11. The van der Waals surface area contributed by atoms with E-state index in [0.29, 0.717) is 13.2 Å². The van der Waals surface area contributed by atoms with Gasteiger partial charge in [0.2, 0.25) is 5.91 Å². The van der Waals surface area contributed by atoms with Crippen molar-refractivity contribution in [1.29, 1.82) is 0 Å². The van der Waals surface area contributed by atoms with Crippen molar-refractivity contribution in [2.75, 3.05) is 18.9 Å². The van der Waals surface area contributed by atoms with Gasteiger partial charge in [-0.3, -0.25) is 9.78 Å². The van der Waals surface area contributed by atoms with E-state index in [4.69, 9.17) is 4.74 Å². The van der Waals surface area contributed by atoms with E-state index in [1.54, 1.807) is 12.4 Å². The number of carbonyl (C=O) groups is 1. The molecule has 0 saturated heterocycles. The lowest BCUT2D eigenvalue weighted by molar-refractivity contribution is -0.118. The molecule has 1 N–H and O–H groups in total. The topological polar surface area (TPSA) is 81.9 Å². The Morgan fingerprint density at radius 2 is 2.03 bits per heavy atom. The van der Waals surface area contributed by atoms with Crippen LogP contribution in [0.1, 0.15) is 18.9 Å². The molecule has 2 heterocycles. The summed E-state index contributed by atoms with van der Waals surface area (Å²) in [6.45, 7) is 5.79. The Balaban J connectivity index is 1.49. The van der Waals surface area contributed by atoms with Gasteiger partial charge in [-0.25, -0.2) is 0 Å². The first-order chi connectivity index (χ1) is 14.2. The largest absolute Gasteiger partial charge is 0.492 e. The average molecular weight is 412 g/mol. The normalized spacial score (nSPS) is 10.7. The third-order valence-electron chi connectivity index (χ3n) is 4.12. The van der Waals surface area contributed by atoms with Gasteiger partial charge in [0.1, 0.15) is 12.4 Å². The van der Waals surface area contributed by atoms with Crippen LogP contribution < -0.4 is 10.1 Å². The first kappa shape index (κ1) is 20.9. The molecule has 1 amide bonds. The van der Waals surface area contributed by atoms with Gasteiger partial charge in [0.15, 0.2) is 11.0 Å². The standard InChI is InChI=1S/C21H25N5O2S/c1-3-12-26-20(17-7-9-22-10-8-17)24-25-21(26)29-15-19(27)23-11-13-28-18-6-4-5-16(2)14-18/h4-10,14H,3,11-13,15H2,1-2H3,(H,23,27). The first-order valence-corrected chi connectivity index (χ1v) is 10.6. The van der Waals surface area contributed by atoms with Gasteiger partial charge >= 0.3 is 0 Å². The van der Waals surface area contributed by atoms with Crippen LogP contribution in [0.15, 0.2) is 53.9 Å². The summed E-state index contributed by atoms with van der Waals surface area (Å²) in [5, 5.41) is 12.2. The molecular weight excluding hydrogens is 386 g/mol. The maximum atomic E-state index is 12.2. The molecule has 8 heteroatoms. The lowest BCUT2D eigenvalue weighted by atomic mass is 10.2. The first-order valence-electron chi connectivity index (χ1n) is 9.60. The van der Waals surface area contributed by atoms with Crippen LogP contribution in [0.4, 0.5) is 0 Å². The van der Waals surface area contributed by atoms with Gasteiger partial charge in [-0.1, -0.05) is 30.8 Å². The number of hydrogen-bond donors (Lipinski definition) is 1. The number of nitrogens with one attached hydrogen (secondary N) is 1. The zero-order valence-electron chi connectivity index (χ0n) is 16.7. The van der Waals surface area contributed by atoms with Crippen molar-refractivity contribution >= 4 is 17.7 Å². The Morgan fingerprint density at radius 1 is 1.21 bits per heavy atom. The number of pyridine rings is 1. The molecule has 0 aliphatic rings. The highest BCUT2D eigenvalue weighted by molar-refractivity contribution is 7.99. The Bertz CT molecular complexity index is 930. The van der Waals surface area contributed by atoms with E-state index in [2.05, 4.69) is 27.4 Å². The highest BCUT2D eigenvalue weighted by Gasteiger charge is 2.15. The number of nitrogens with zero attached hydrogens (tertiary/aromatic N) is 4. The van der Waals surface area contributed by atoms with Gasteiger partial charge in [-0.2, -0.15) is 0 Å². The van der Waals surface area contributed by atoms with Crippen LogP contribution in [0, 0.1) is 6.92 Å². The van der Waals surface area contributed by atoms with E-state index < -0.39 is 0 Å². The summed E-state index contributed by atoms with van der Waals surface area (Å²) < 4.78 is 7.70. The van der Waals surface area contributed by atoms with Crippen LogP contribution in [-0.2, 0) is 11.3 Å². The average Bonchev–Trinajstić information content (AvgIpc) is 3.13. The summed E-state index contributed by atoms with van der Waals surface area (Å²) in [6.07, 6.45) is 4.42. The molecule has 0 fully saturated rings. The van der Waals surface area contributed by atoms with Crippen molar-refractivity contribution in [2.24, 2.45) is 0 Å². The van der Waals surface area contributed by atoms with Crippen molar-refractivity contribution < 1.29 is 9.53 Å².